The van der Waals surface area contributed by atoms with Crippen LogP contribution >= 0.6 is 20.8 Å². The van der Waals surface area contributed by atoms with Crippen LogP contribution in [0.3, 0.4) is 0 Å². The summed E-state index contributed by atoms with van der Waals surface area (Å²) in [5.74, 6) is 1.08. The van der Waals surface area contributed by atoms with E-state index in [4.69, 9.17) is 23.7 Å². The molecule has 0 saturated carbocycles. The molecule has 0 bridgehead atoms. The number of rotatable bonds is 18. The first-order chi connectivity index (χ1) is 21.0. The van der Waals surface area contributed by atoms with Crippen molar-refractivity contribution in [3.8, 4) is 11.5 Å². The first-order valence-electron chi connectivity index (χ1n) is 14.4. The molecule has 0 radical (unpaired) electrons. The molecule has 4 aromatic carbocycles. The fourth-order valence-corrected chi connectivity index (χ4v) is 12.1. The van der Waals surface area contributed by atoms with Crippen LogP contribution in [-0.2, 0) is 14.2 Å². The molecule has 0 amide bonds. The fourth-order valence-electron chi connectivity index (χ4n) is 5.05. The Morgan fingerprint density at radius 1 is 0.605 bits per heavy atom. The van der Waals surface area contributed by atoms with Crippen LogP contribution < -0.4 is 25.4 Å². The predicted octanol–water partition coefficient (Wildman–Crippen LogP) is 6.17. The third kappa shape index (κ3) is 8.11. The van der Waals surface area contributed by atoms with Crippen LogP contribution in [0.1, 0.15) is 17.3 Å². The number of hydrogen-bond donors (Lipinski definition) is 0. The molecule has 0 atom stereocenters. The number of Topliss-reactive ketones (excluding diaryl/α,β-unsaturated/α-hetero) is 1. The van der Waals surface area contributed by atoms with Crippen molar-refractivity contribution in [3.05, 3.63) is 115 Å². The van der Waals surface area contributed by atoms with Gasteiger partial charge in [0.15, 0.2) is 17.3 Å². The molecular formula is C35H40BrO6P. The Balaban J connectivity index is 1.22. The molecule has 0 heterocycles. The molecule has 4 rings (SSSR count). The van der Waals surface area contributed by atoms with E-state index in [1.165, 1.54) is 22.8 Å². The average molecular weight is 668 g/mol. The van der Waals surface area contributed by atoms with E-state index in [0.717, 1.165) is 6.16 Å². The zero-order chi connectivity index (χ0) is 30.4. The van der Waals surface area contributed by atoms with Crippen molar-refractivity contribution in [1.29, 1.82) is 0 Å². The SMILES string of the molecule is COc1cc(C(C)=O)ccc1OCCOCCOCCOCCP(Br)(c1ccccc1)(c1ccccc1)c1ccccc1. The van der Waals surface area contributed by atoms with E-state index in [-0.39, 0.29) is 5.78 Å². The Kier molecular flexibility index (Phi) is 12.3. The van der Waals surface area contributed by atoms with Crippen molar-refractivity contribution in [1.82, 2.24) is 0 Å². The number of carbonyl (C=O) groups is 1. The van der Waals surface area contributed by atoms with Crippen molar-refractivity contribution < 1.29 is 28.5 Å². The monoisotopic (exact) mass is 666 g/mol. The Hall–Kier alpha value is -3.06. The molecule has 228 valence electrons. The Bertz CT molecular complexity index is 1320. The quantitative estimate of drug-likeness (QED) is 0.0720. The van der Waals surface area contributed by atoms with Crippen LogP contribution in [0.25, 0.3) is 0 Å². The zero-order valence-electron chi connectivity index (χ0n) is 24.8. The Morgan fingerprint density at radius 2 is 1.05 bits per heavy atom. The molecule has 43 heavy (non-hydrogen) atoms. The maximum atomic E-state index is 11.6. The topological polar surface area (TPSA) is 63.2 Å². The van der Waals surface area contributed by atoms with Crippen molar-refractivity contribution in [2.24, 2.45) is 0 Å². The van der Waals surface area contributed by atoms with Gasteiger partial charge >= 0.3 is 199 Å². The second-order valence-corrected chi connectivity index (χ2v) is 19.1. The molecule has 0 saturated heterocycles. The van der Waals surface area contributed by atoms with E-state index in [9.17, 15) is 4.79 Å². The third-order valence-electron chi connectivity index (χ3n) is 7.34. The van der Waals surface area contributed by atoms with Gasteiger partial charge in [-0.2, -0.15) is 0 Å². The van der Waals surface area contributed by atoms with E-state index < -0.39 is 5.31 Å². The van der Waals surface area contributed by atoms with Crippen LogP contribution in [0.4, 0.5) is 0 Å². The van der Waals surface area contributed by atoms with Crippen LogP contribution in [0.2, 0.25) is 0 Å². The summed E-state index contributed by atoms with van der Waals surface area (Å²) in [6.07, 6.45) is 0.814. The summed E-state index contributed by atoms with van der Waals surface area (Å²) in [6, 6.07) is 37.3. The molecule has 0 unspecified atom stereocenters. The van der Waals surface area contributed by atoms with Gasteiger partial charge in [0.25, 0.3) is 0 Å². The van der Waals surface area contributed by atoms with Gasteiger partial charge in [-0.05, 0) is 25.1 Å². The van der Waals surface area contributed by atoms with Gasteiger partial charge in [0, 0.05) is 5.56 Å². The predicted molar refractivity (Wildman–Crippen MR) is 180 cm³/mol. The normalized spacial score (nSPS) is 12.3. The van der Waals surface area contributed by atoms with Crippen LogP contribution in [0, 0.1) is 0 Å². The number of ketones is 1. The van der Waals surface area contributed by atoms with E-state index in [2.05, 4.69) is 106 Å². The minimum atomic E-state index is -2.98. The summed E-state index contributed by atoms with van der Waals surface area (Å²) in [5, 5.41) is 0.849. The molecule has 0 spiro atoms. The number of hydrogen-bond acceptors (Lipinski definition) is 6. The van der Waals surface area contributed by atoms with E-state index in [1.807, 2.05) is 0 Å². The number of carbonyl (C=O) groups excluding carboxylic acids is 1. The molecule has 0 aliphatic rings. The number of methoxy groups -OCH3 is 1. The third-order valence-corrected chi connectivity index (χ3v) is 17.2. The summed E-state index contributed by atoms with van der Waals surface area (Å²) >= 11 is 4.45. The van der Waals surface area contributed by atoms with Gasteiger partial charge in [0.2, 0.25) is 0 Å². The van der Waals surface area contributed by atoms with E-state index in [0.29, 0.717) is 63.3 Å². The van der Waals surface area contributed by atoms with Gasteiger partial charge in [-0.15, -0.1) is 0 Å². The van der Waals surface area contributed by atoms with Crippen LogP contribution in [0.5, 0.6) is 11.5 Å². The molecule has 6 nitrogen and oxygen atoms in total. The maximum absolute atomic E-state index is 11.6. The summed E-state index contributed by atoms with van der Waals surface area (Å²) in [4.78, 5) is 11.6. The van der Waals surface area contributed by atoms with Gasteiger partial charge in [0.1, 0.15) is 0 Å². The number of halogens is 1. The molecule has 0 aliphatic carbocycles. The second-order valence-electron chi connectivity index (χ2n) is 10.0. The molecule has 0 fully saturated rings. The van der Waals surface area contributed by atoms with Crippen LogP contribution in [0.15, 0.2) is 109 Å². The summed E-state index contributed by atoms with van der Waals surface area (Å²) < 4.78 is 28.6. The Labute approximate surface area is 262 Å². The summed E-state index contributed by atoms with van der Waals surface area (Å²) in [7, 11) is 1.55. The fraction of sp³-hybridized carbons (Fsp3) is 0.286. The van der Waals surface area contributed by atoms with E-state index >= 15 is 0 Å². The van der Waals surface area contributed by atoms with Gasteiger partial charge in [-0.25, -0.2) is 0 Å². The van der Waals surface area contributed by atoms with Gasteiger partial charge in [0.05, 0.1) is 7.11 Å². The number of benzene rings is 4. The molecule has 0 N–H and O–H groups in total. The standard InChI is InChI=1S/C35H40BrO6P/c1-29(37)30-18-19-34(35(28-30)38-2)42-25-24-40-21-20-39-22-23-41-26-27-43(36,31-12-6-3-7-13-31,32-14-8-4-9-15-32)33-16-10-5-11-17-33/h3-19,28H,20-27H2,1-2H3. The summed E-state index contributed by atoms with van der Waals surface area (Å²) in [6.45, 7) is 4.78. The van der Waals surface area contributed by atoms with Crippen molar-refractivity contribution in [3.63, 3.8) is 0 Å². The summed E-state index contributed by atoms with van der Waals surface area (Å²) in [5.41, 5.74) is 0.582. The molecule has 0 aliphatic heterocycles. The van der Waals surface area contributed by atoms with Gasteiger partial charge < -0.3 is 4.74 Å². The van der Waals surface area contributed by atoms with Crippen LogP contribution in [-0.4, -0.2) is 65.3 Å². The zero-order valence-corrected chi connectivity index (χ0v) is 27.3. The first-order valence-corrected chi connectivity index (χ1v) is 18.9. The van der Waals surface area contributed by atoms with Crippen molar-refractivity contribution in [2.45, 2.75) is 6.92 Å². The average Bonchev–Trinajstić information content (AvgIpc) is 3.06. The molecular weight excluding hydrogens is 627 g/mol. The minimum absolute atomic E-state index is 0.0213. The molecule has 8 heteroatoms. The second kappa shape index (κ2) is 16.1. The van der Waals surface area contributed by atoms with Gasteiger partial charge in [-0.3, -0.25) is 4.79 Å². The first kappa shape index (κ1) is 32.8. The number of ether oxygens (including phenoxy) is 5. The Morgan fingerprint density at radius 3 is 1.49 bits per heavy atom. The van der Waals surface area contributed by atoms with E-state index in [1.54, 1.807) is 25.3 Å². The van der Waals surface area contributed by atoms with Crippen molar-refractivity contribution in [2.75, 3.05) is 59.5 Å². The van der Waals surface area contributed by atoms with Crippen molar-refractivity contribution >= 4 is 42.5 Å². The molecule has 0 aromatic heterocycles. The molecule has 4 aromatic rings. The van der Waals surface area contributed by atoms with Gasteiger partial charge in [-0.1, -0.05) is 0 Å².